The summed E-state index contributed by atoms with van der Waals surface area (Å²) in [6.07, 6.45) is -2.07. The van der Waals surface area contributed by atoms with Gasteiger partial charge >= 0.3 is 5.97 Å². The van der Waals surface area contributed by atoms with Gasteiger partial charge in [-0.3, -0.25) is 9.59 Å². The van der Waals surface area contributed by atoms with Gasteiger partial charge in [0, 0.05) is 35.4 Å². The van der Waals surface area contributed by atoms with E-state index in [1.807, 2.05) is 31.3 Å². The molecule has 0 radical (unpaired) electrons. The Hall–Kier alpha value is -2.95. The van der Waals surface area contributed by atoms with Gasteiger partial charge < -0.3 is 34.7 Å². The molecule has 2 aliphatic heterocycles. The summed E-state index contributed by atoms with van der Waals surface area (Å²) in [5, 5.41) is 16.3. The van der Waals surface area contributed by atoms with Crippen LogP contribution in [0.3, 0.4) is 0 Å². The van der Waals surface area contributed by atoms with Crippen molar-refractivity contribution in [2.24, 2.45) is 0 Å². The van der Waals surface area contributed by atoms with Crippen LogP contribution < -0.4 is 20.1 Å². The minimum atomic E-state index is -0.952. The zero-order valence-corrected chi connectivity index (χ0v) is 19.1. The number of nitrogens with one attached hydrogen (secondary N) is 2. The number of carbonyl (C=O) groups is 2. The average molecular weight is 475 g/mol. The average Bonchev–Trinajstić information content (AvgIpc) is 3.28. The number of hydrogen-bond donors (Lipinski definition) is 3. The molecule has 0 saturated carbocycles. The Bertz CT molecular complexity index is 1000. The van der Waals surface area contributed by atoms with E-state index in [-0.39, 0.29) is 18.6 Å². The highest BCUT2D eigenvalue weighted by molar-refractivity contribution is 8.00. The molecular weight excluding hydrogens is 448 g/mol. The molecule has 1 amide bonds. The number of rotatable bonds is 7. The zero-order chi connectivity index (χ0) is 23.4. The number of benzene rings is 2. The fourth-order valence-electron chi connectivity index (χ4n) is 3.61. The molecule has 0 aromatic heterocycles. The van der Waals surface area contributed by atoms with E-state index >= 15 is 0 Å². The molecule has 0 aliphatic carbocycles. The van der Waals surface area contributed by atoms with Gasteiger partial charge in [-0.05, 0) is 48.9 Å². The van der Waals surface area contributed by atoms with Gasteiger partial charge in [-0.1, -0.05) is 0 Å². The van der Waals surface area contributed by atoms with Gasteiger partial charge in [0.05, 0.1) is 6.10 Å². The van der Waals surface area contributed by atoms with Crippen molar-refractivity contribution in [3.8, 4) is 11.5 Å². The smallest absolute Gasteiger partial charge is 0.302 e. The first kappa shape index (κ1) is 23.2. The van der Waals surface area contributed by atoms with Gasteiger partial charge in [-0.15, -0.1) is 11.8 Å². The molecule has 0 bridgehead atoms. The summed E-state index contributed by atoms with van der Waals surface area (Å²) in [4.78, 5) is 25.2. The molecule has 0 spiro atoms. The van der Waals surface area contributed by atoms with E-state index < -0.39 is 30.3 Å². The first-order valence-corrected chi connectivity index (χ1v) is 11.4. The molecule has 3 N–H and O–H groups in total. The van der Waals surface area contributed by atoms with E-state index in [2.05, 4.69) is 10.6 Å². The van der Waals surface area contributed by atoms with Crippen LogP contribution >= 0.6 is 11.8 Å². The number of esters is 1. The number of thioether (sulfide) groups is 1. The number of ether oxygens (including phenoxy) is 4. The number of aliphatic hydroxyl groups is 1. The maximum absolute atomic E-state index is 12.8. The van der Waals surface area contributed by atoms with Gasteiger partial charge in [0.1, 0.15) is 12.7 Å². The zero-order valence-electron chi connectivity index (χ0n) is 18.3. The predicted octanol–water partition coefficient (Wildman–Crippen LogP) is 2.39. The lowest BCUT2D eigenvalue weighted by Crippen LogP contribution is -2.55. The molecule has 2 heterocycles. The van der Waals surface area contributed by atoms with Crippen molar-refractivity contribution in [3.05, 3.63) is 48.0 Å². The summed E-state index contributed by atoms with van der Waals surface area (Å²) in [5.74, 6) is 0.218. The Morgan fingerprint density at radius 3 is 2.64 bits per heavy atom. The fraction of sp³-hybridized carbons (Fsp3) is 0.391. The summed E-state index contributed by atoms with van der Waals surface area (Å²) < 4.78 is 21.8. The van der Waals surface area contributed by atoms with Crippen LogP contribution in [0.2, 0.25) is 0 Å². The minimum absolute atomic E-state index is 0.0186. The summed E-state index contributed by atoms with van der Waals surface area (Å²) in [7, 11) is 1.85. The molecule has 2 aromatic carbocycles. The second-order valence-electron chi connectivity index (χ2n) is 7.67. The summed E-state index contributed by atoms with van der Waals surface area (Å²) in [6, 6.07) is 12.7. The topological polar surface area (TPSA) is 115 Å². The van der Waals surface area contributed by atoms with E-state index in [0.29, 0.717) is 23.5 Å². The lowest BCUT2D eigenvalue weighted by atomic mass is 10.0. The van der Waals surface area contributed by atoms with Crippen LogP contribution in [0.5, 0.6) is 11.5 Å². The van der Waals surface area contributed by atoms with Crippen molar-refractivity contribution in [2.75, 3.05) is 25.8 Å². The van der Waals surface area contributed by atoms with Gasteiger partial charge in [-0.2, -0.15) is 0 Å². The van der Waals surface area contributed by atoms with Crippen LogP contribution in [0, 0.1) is 0 Å². The van der Waals surface area contributed by atoms with Crippen LogP contribution in [0.4, 0.5) is 5.69 Å². The van der Waals surface area contributed by atoms with E-state index in [0.717, 1.165) is 10.6 Å². The number of anilines is 1. The maximum Gasteiger partial charge on any atom is 0.302 e. The molecule has 1 fully saturated rings. The number of aliphatic hydroxyl groups excluding tert-OH is 1. The highest BCUT2D eigenvalue weighted by atomic mass is 32.2. The van der Waals surface area contributed by atoms with Crippen LogP contribution in [0.1, 0.15) is 23.7 Å². The van der Waals surface area contributed by atoms with E-state index in [9.17, 15) is 14.7 Å². The predicted molar refractivity (Wildman–Crippen MR) is 122 cm³/mol. The summed E-state index contributed by atoms with van der Waals surface area (Å²) in [6.45, 7) is 1.46. The first-order chi connectivity index (χ1) is 15.9. The second kappa shape index (κ2) is 10.3. The Morgan fingerprint density at radius 1 is 1.15 bits per heavy atom. The van der Waals surface area contributed by atoms with E-state index in [4.69, 9.17) is 18.9 Å². The van der Waals surface area contributed by atoms with Crippen LogP contribution in [0.25, 0.3) is 0 Å². The second-order valence-corrected chi connectivity index (χ2v) is 8.99. The molecule has 2 aromatic rings. The monoisotopic (exact) mass is 474 g/mol. The van der Waals surface area contributed by atoms with Gasteiger partial charge in [0.2, 0.25) is 6.79 Å². The highest BCUT2D eigenvalue weighted by Crippen LogP contribution is 2.35. The quantitative estimate of drug-likeness (QED) is 0.520. The number of carbonyl (C=O) groups excluding carboxylic acids is 2. The number of amides is 1. The molecule has 10 heteroatoms. The molecule has 2 aliphatic rings. The van der Waals surface area contributed by atoms with Crippen molar-refractivity contribution in [3.63, 3.8) is 0 Å². The van der Waals surface area contributed by atoms with Crippen molar-refractivity contribution < 1.29 is 33.6 Å². The summed E-state index contributed by atoms with van der Waals surface area (Å²) in [5.41, 5.74) is 1.34. The third-order valence-electron chi connectivity index (χ3n) is 5.35. The molecule has 2 unspecified atom stereocenters. The lowest BCUT2D eigenvalue weighted by molar-refractivity contribution is -0.160. The SMILES string of the molecule is CNc1ccc(SC2CC(O)[C@H](NC(=O)c3ccc4c(c3)OCO4)O[C@@H]2COC(C)=O)cc1. The minimum Gasteiger partial charge on any atom is -0.463 e. The van der Waals surface area contributed by atoms with Gasteiger partial charge in [-0.25, -0.2) is 0 Å². The third-order valence-corrected chi connectivity index (χ3v) is 6.69. The van der Waals surface area contributed by atoms with E-state index in [1.165, 1.54) is 18.7 Å². The normalized spacial score (nSPS) is 23.6. The Balaban J connectivity index is 1.44. The Morgan fingerprint density at radius 2 is 1.91 bits per heavy atom. The van der Waals surface area contributed by atoms with Crippen molar-refractivity contribution in [2.45, 2.75) is 41.9 Å². The number of hydrogen-bond acceptors (Lipinski definition) is 9. The Kier molecular flexibility index (Phi) is 7.26. The number of fused-ring (bicyclic) bond motifs is 1. The molecule has 4 rings (SSSR count). The standard InChI is InChI=1S/C23H26N2O7S/c1-13(26)29-11-20-21(33-16-6-4-15(24-2)5-7-16)10-17(27)23(32-20)25-22(28)14-3-8-18-19(9-14)31-12-30-18/h3-9,17,20-21,23-24,27H,10-12H2,1-2H3,(H,25,28)/t17?,20-,21?,23-/m1/s1. The van der Waals surface area contributed by atoms with Crippen LogP contribution in [-0.2, 0) is 14.3 Å². The van der Waals surface area contributed by atoms with Crippen molar-refractivity contribution in [1.29, 1.82) is 0 Å². The van der Waals surface area contributed by atoms with Crippen molar-refractivity contribution >= 4 is 29.3 Å². The summed E-state index contributed by atoms with van der Waals surface area (Å²) >= 11 is 1.53. The highest BCUT2D eigenvalue weighted by Gasteiger charge is 2.39. The van der Waals surface area contributed by atoms with Gasteiger partial charge in [0.15, 0.2) is 17.7 Å². The van der Waals surface area contributed by atoms with Crippen molar-refractivity contribution in [1.82, 2.24) is 5.32 Å². The van der Waals surface area contributed by atoms with Crippen LogP contribution in [-0.4, -0.2) is 61.1 Å². The largest absolute Gasteiger partial charge is 0.463 e. The fourth-order valence-corrected chi connectivity index (χ4v) is 4.84. The van der Waals surface area contributed by atoms with Crippen LogP contribution in [0.15, 0.2) is 47.4 Å². The molecule has 4 atom stereocenters. The Labute approximate surface area is 195 Å². The molecule has 33 heavy (non-hydrogen) atoms. The molecule has 1 saturated heterocycles. The first-order valence-electron chi connectivity index (χ1n) is 10.5. The lowest BCUT2D eigenvalue weighted by Gasteiger charge is -2.39. The maximum atomic E-state index is 12.8. The molecular formula is C23H26N2O7S. The molecule has 9 nitrogen and oxygen atoms in total. The third kappa shape index (κ3) is 5.70. The van der Waals surface area contributed by atoms with Gasteiger partial charge in [0.25, 0.3) is 5.91 Å². The molecule has 176 valence electrons. The van der Waals surface area contributed by atoms with E-state index in [1.54, 1.807) is 18.2 Å².